The van der Waals surface area contributed by atoms with Crippen molar-refractivity contribution in [1.29, 1.82) is 0 Å². The maximum absolute atomic E-state index is 13.4. The van der Waals surface area contributed by atoms with E-state index in [-0.39, 0.29) is 43.5 Å². The third-order valence-corrected chi connectivity index (χ3v) is 7.46. The molecule has 39 heavy (non-hydrogen) atoms. The van der Waals surface area contributed by atoms with Crippen LogP contribution in [0.1, 0.15) is 58.9 Å². The number of benzene rings is 1. The predicted octanol–water partition coefficient (Wildman–Crippen LogP) is 3.63. The standard InChI is InChI=1S/C29H44N4O6/c1-20(2)25(21(3)4)39-29(37)32-17-15-31(16-18-32)28(36)33-24(23(26(33)34)13-9-6-10-14-30)27(35)38-19-22-11-7-5-8-12-22/h5,7-8,11-12,20-21,23-25H,6,9-10,13-19,30H2,1-4H3/t23-,24+/m1/s1. The van der Waals surface area contributed by atoms with Gasteiger partial charge in [-0.15, -0.1) is 0 Å². The van der Waals surface area contributed by atoms with Gasteiger partial charge in [-0.05, 0) is 36.8 Å². The molecule has 2 N–H and O–H groups in total. The molecule has 2 fully saturated rings. The number of carbonyl (C=O) groups excluding carboxylic acids is 4. The van der Waals surface area contributed by atoms with Crippen molar-refractivity contribution in [3.63, 3.8) is 0 Å². The van der Waals surface area contributed by atoms with Crippen LogP contribution in [0.25, 0.3) is 0 Å². The third kappa shape index (κ3) is 7.71. The highest BCUT2D eigenvalue weighted by atomic mass is 16.6. The largest absolute Gasteiger partial charge is 0.459 e. The van der Waals surface area contributed by atoms with E-state index in [0.29, 0.717) is 26.1 Å². The Morgan fingerprint density at radius 2 is 1.54 bits per heavy atom. The summed E-state index contributed by atoms with van der Waals surface area (Å²) in [6, 6.07) is 7.81. The van der Waals surface area contributed by atoms with Gasteiger partial charge in [-0.1, -0.05) is 70.9 Å². The fourth-order valence-electron chi connectivity index (χ4n) is 5.28. The van der Waals surface area contributed by atoms with E-state index in [2.05, 4.69) is 0 Å². The van der Waals surface area contributed by atoms with Gasteiger partial charge in [0.25, 0.3) is 0 Å². The van der Waals surface area contributed by atoms with Crippen molar-refractivity contribution in [1.82, 2.24) is 14.7 Å². The van der Waals surface area contributed by atoms with Crippen LogP contribution in [-0.4, -0.2) is 83.6 Å². The number of carbonyl (C=O) groups is 4. The average molecular weight is 545 g/mol. The van der Waals surface area contributed by atoms with Crippen LogP contribution in [-0.2, 0) is 25.7 Å². The first-order chi connectivity index (χ1) is 18.6. The lowest BCUT2D eigenvalue weighted by atomic mass is 9.83. The maximum Gasteiger partial charge on any atom is 0.410 e. The van der Waals surface area contributed by atoms with Crippen LogP contribution in [0.5, 0.6) is 0 Å². The van der Waals surface area contributed by atoms with Gasteiger partial charge in [-0.2, -0.15) is 0 Å². The van der Waals surface area contributed by atoms with Crippen molar-refractivity contribution in [2.24, 2.45) is 23.5 Å². The van der Waals surface area contributed by atoms with Crippen LogP contribution >= 0.6 is 0 Å². The molecule has 3 rings (SSSR count). The minimum atomic E-state index is -0.951. The van der Waals surface area contributed by atoms with E-state index < -0.39 is 30.1 Å². The second-order valence-electron chi connectivity index (χ2n) is 11.1. The molecule has 1 aromatic rings. The first-order valence-corrected chi connectivity index (χ1v) is 14.1. The molecule has 0 bridgehead atoms. The molecule has 216 valence electrons. The molecule has 2 aliphatic heterocycles. The van der Waals surface area contributed by atoms with Crippen molar-refractivity contribution in [2.45, 2.75) is 72.1 Å². The van der Waals surface area contributed by atoms with Gasteiger partial charge in [-0.3, -0.25) is 4.79 Å². The number of unbranched alkanes of at least 4 members (excludes halogenated alkanes) is 2. The number of nitrogens with two attached hydrogens (primary N) is 1. The molecule has 0 unspecified atom stereocenters. The molecule has 0 spiro atoms. The Hall–Kier alpha value is -3.14. The number of nitrogens with zero attached hydrogens (tertiary/aromatic N) is 3. The van der Waals surface area contributed by atoms with Crippen molar-refractivity contribution < 1.29 is 28.7 Å². The zero-order valence-corrected chi connectivity index (χ0v) is 23.7. The summed E-state index contributed by atoms with van der Waals surface area (Å²) in [4.78, 5) is 56.5. The van der Waals surface area contributed by atoms with Crippen molar-refractivity contribution in [2.75, 3.05) is 32.7 Å². The Morgan fingerprint density at radius 1 is 0.923 bits per heavy atom. The predicted molar refractivity (Wildman–Crippen MR) is 146 cm³/mol. The number of hydrogen-bond acceptors (Lipinski definition) is 7. The Bertz CT molecular complexity index is 969. The summed E-state index contributed by atoms with van der Waals surface area (Å²) < 4.78 is 11.3. The van der Waals surface area contributed by atoms with Crippen LogP contribution < -0.4 is 5.73 Å². The van der Waals surface area contributed by atoms with Gasteiger partial charge in [0.05, 0.1) is 5.92 Å². The third-order valence-electron chi connectivity index (χ3n) is 7.46. The summed E-state index contributed by atoms with van der Waals surface area (Å²) in [5, 5.41) is 0. The Balaban J connectivity index is 1.61. The number of likely N-dealkylation sites (tertiary alicyclic amines) is 1. The second kappa shape index (κ2) is 14.3. The summed E-state index contributed by atoms with van der Waals surface area (Å²) in [5.74, 6) is -1.14. The lowest BCUT2D eigenvalue weighted by Gasteiger charge is -2.46. The summed E-state index contributed by atoms with van der Waals surface area (Å²) in [7, 11) is 0. The van der Waals surface area contributed by atoms with Gasteiger partial charge < -0.3 is 25.0 Å². The molecular formula is C29H44N4O6. The molecule has 2 atom stereocenters. The summed E-state index contributed by atoms with van der Waals surface area (Å²) >= 11 is 0. The molecular weight excluding hydrogens is 500 g/mol. The van der Waals surface area contributed by atoms with E-state index in [4.69, 9.17) is 15.2 Å². The van der Waals surface area contributed by atoms with Gasteiger partial charge in [0.2, 0.25) is 5.91 Å². The minimum Gasteiger partial charge on any atom is -0.459 e. The van der Waals surface area contributed by atoms with Gasteiger partial charge in [0, 0.05) is 26.2 Å². The lowest BCUT2D eigenvalue weighted by molar-refractivity contribution is -0.171. The van der Waals surface area contributed by atoms with Crippen molar-refractivity contribution >= 4 is 24.0 Å². The minimum absolute atomic E-state index is 0.0703. The van der Waals surface area contributed by atoms with Gasteiger partial charge in [0.15, 0.2) is 6.04 Å². The molecule has 0 aromatic heterocycles. The molecule has 0 saturated carbocycles. The topological polar surface area (TPSA) is 122 Å². The van der Waals surface area contributed by atoms with Crippen LogP contribution in [0.4, 0.5) is 9.59 Å². The number of esters is 1. The second-order valence-corrected chi connectivity index (χ2v) is 11.1. The van der Waals surface area contributed by atoms with Crippen LogP contribution in [0.15, 0.2) is 30.3 Å². The van der Waals surface area contributed by atoms with E-state index in [1.807, 2.05) is 58.0 Å². The number of piperazine rings is 1. The van der Waals surface area contributed by atoms with Gasteiger partial charge in [-0.25, -0.2) is 19.3 Å². The maximum atomic E-state index is 13.4. The highest BCUT2D eigenvalue weighted by Gasteiger charge is 2.56. The molecule has 4 amide bonds. The number of ether oxygens (including phenoxy) is 2. The number of rotatable bonds is 11. The summed E-state index contributed by atoms with van der Waals surface area (Å²) in [6.07, 6.45) is 2.35. The monoisotopic (exact) mass is 544 g/mol. The molecule has 2 saturated heterocycles. The molecule has 2 aliphatic rings. The number of amides is 4. The summed E-state index contributed by atoms with van der Waals surface area (Å²) in [6.45, 7) is 9.80. The van der Waals surface area contributed by atoms with E-state index in [0.717, 1.165) is 29.7 Å². The lowest BCUT2D eigenvalue weighted by Crippen LogP contribution is -2.69. The number of hydrogen-bond donors (Lipinski definition) is 1. The van der Waals surface area contributed by atoms with E-state index in [1.54, 1.807) is 4.90 Å². The fraction of sp³-hybridized carbons (Fsp3) is 0.655. The van der Waals surface area contributed by atoms with Gasteiger partial charge in [0.1, 0.15) is 12.7 Å². The highest BCUT2D eigenvalue weighted by Crippen LogP contribution is 2.34. The van der Waals surface area contributed by atoms with E-state index >= 15 is 0 Å². The number of imide groups is 1. The average Bonchev–Trinajstić information content (AvgIpc) is 2.93. The first kappa shape index (κ1) is 30.4. The number of urea groups is 1. The zero-order chi connectivity index (χ0) is 28.5. The zero-order valence-electron chi connectivity index (χ0n) is 23.7. The quantitative estimate of drug-likeness (QED) is 0.256. The molecule has 10 nitrogen and oxygen atoms in total. The SMILES string of the molecule is CC(C)C(OC(=O)N1CCN(C(=O)N2C(=O)[C@H](CCCCCN)[C@H]2C(=O)OCc2ccccc2)CC1)C(C)C. The van der Waals surface area contributed by atoms with E-state index in [9.17, 15) is 19.2 Å². The highest BCUT2D eigenvalue weighted by molar-refractivity contribution is 6.07. The molecule has 2 heterocycles. The normalized spacial score (nSPS) is 19.5. The van der Waals surface area contributed by atoms with E-state index in [1.165, 1.54) is 4.90 Å². The van der Waals surface area contributed by atoms with Crippen LogP contribution in [0.3, 0.4) is 0 Å². The van der Waals surface area contributed by atoms with Crippen molar-refractivity contribution in [3.8, 4) is 0 Å². The fourth-order valence-corrected chi connectivity index (χ4v) is 5.28. The Labute approximate surface area is 231 Å². The Kier molecular flexibility index (Phi) is 11.2. The molecule has 0 aliphatic carbocycles. The van der Waals surface area contributed by atoms with Gasteiger partial charge >= 0.3 is 18.1 Å². The summed E-state index contributed by atoms with van der Waals surface area (Å²) in [5.41, 5.74) is 6.41. The van der Waals surface area contributed by atoms with Crippen LogP contribution in [0, 0.1) is 17.8 Å². The van der Waals surface area contributed by atoms with Crippen LogP contribution in [0.2, 0.25) is 0 Å². The Morgan fingerprint density at radius 3 is 2.13 bits per heavy atom. The van der Waals surface area contributed by atoms with Crippen molar-refractivity contribution in [3.05, 3.63) is 35.9 Å². The first-order valence-electron chi connectivity index (χ1n) is 14.1. The molecule has 1 aromatic carbocycles. The number of β-lactam (4-membered cyclic amide) rings is 1. The molecule has 10 heteroatoms. The smallest absolute Gasteiger partial charge is 0.410 e. The molecule has 0 radical (unpaired) electrons.